The summed E-state index contributed by atoms with van der Waals surface area (Å²) in [5.74, 6) is 0. The largest absolute Gasteiger partial charge is 0.438 e. The molecule has 13 heavy (non-hydrogen) atoms. The van der Waals surface area contributed by atoms with Crippen molar-refractivity contribution >= 4 is 6.09 Å². The van der Waals surface area contributed by atoms with Gasteiger partial charge in [0.05, 0.1) is 17.9 Å². The van der Waals surface area contributed by atoms with Crippen LogP contribution in [0.4, 0.5) is 4.79 Å². The average Bonchev–Trinajstić information content (AvgIpc) is 2.58. The van der Waals surface area contributed by atoms with Gasteiger partial charge in [0.1, 0.15) is 0 Å². The number of hydrogen-bond donors (Lipinski definition) is 1. The summed E-state index contributed by atoms with van der Waals surface area (Å²) in [6.07, 6.45) is -0.553. The zero-order chi connectivity index (χ0) is 9.42. The monoisotopic (exact) mass is 181 g/mol. The molecule has 0 saturated carbocycles. The molecule has 1 N–H and O–H groups in total. The van der Waals surface area contributed by atoms with Crippen LogP contribution >= 0.6 is 0 Å². The van der Waals surface area contributed by atoms with E-state index in [2.05, 4.69) is 10.4 Å². The predicted octanol–water partition coefficient (Wildman–Crippen LogP) is 0.509. The Morgan fingerprint density at radius 3 is 3.00 bits per heavy atom. The second-order valence-electron chi connectivity index (χ2n) is 3.11. The van der Waals surface area contributed by atoms with Crippen LogP contribution in [0.15, 0.2) is 6.07 Å². The first-order valence-electron chi connectivity index (χ1n) is 4.12. The van der Waals surface area contributed by atoms with E-state index < -0.39 is 0 Å². The molecule has 0 spiro atoms. The second-order valence-corrected chi connectivity index (χ2v) is 3.11. The van der Waals surface area contributed by atoms with Crippen LogP contribution in [-0.4, -0.2) is 22.4 Å². The lowest BCUT2D eigenvalue weighted by atomic mass is 10.2. The minimum absolute atomic E-state index is 0.196. The van der Waals surface area contributed by atoms with Gasteiger partial charge in [0.15, 0.2) is 6.10 Å². The minimum Gasteiger partial charge on any atom is -0.438 e. The molecule has 1 atom stereocenters. The molecule has 2 rings (SSSR count). The number of cyclic esters (lactones) is 1. The summed E-state index contributed by atoms with van der Waals surface area (Å²) < 4.78 is 6.77. The van der Waals surface area contributed by atoms with E-state index in [1.54, 1.807) is 4.68 Å². The first-order valence-corrected chi connectivity index (χ1v) is 4.12. The van der Waals surface area contributed by atoms with Gasteiger partial charge in [0.25, 0.3) is 0 Å². The van der Waals surface area contributed by atoms with Crippen LogP contribution in [0.25, 0.3) is 0 Å². The van der Waals surface area contributed by atoms with Crippen molar-refractivity contribution in [1.29, 1.82) is 0 Å². The quantitative estimate of drug-likeness (QED) is 0.686. The smallest absolute Gasteiger partial charge is 0.408 e. The van der Waals surface area contributed by atoms with Gasteiger partial charge in [-0.1, -0.05) is 0 Å². The molecule has 0 radical (unpaired) electrons. The van der Waals surface area contributed by atoms with E-state index in [-0.39, 0.29) is 12.2 Å². The fourth-order valence-electron chi connectivity index (χ4n) is 1.49. The van der Waals surface area contributed by atoms with Gasteiger partial charge >= 0.3 is 6.09 Å². The number of aromatic nitrogens is 2. The fourth-order valence-corrected chi connectivity index (χ4v) is 1.49. The van der Waals surface area contributed by atoms with Crippen molar-refractivity contribution in [1.82, 2.24) is 15.1 Å². The Morgan fingerprint density at radius 2 is 2.54 bits per heavy atom. The van der Waals surface area contributed by atoms with E-state index in [0.717, 1.165) is 11.4 Å². The van der Waals surface area contributed by atoms with Gasteiger partial charge in [-0.05, 0) is 13.0 Å². The number of alkyl carbamates (subject to hydrolysis) is 1. The van der Waals surface area contributed by atoms with Crippen LogP contribution < -0.4 is 5.32 Å². The first-order chi connectivity index (χ1) is 6.16. The number of nitrogens with one attached hydrogen (secondary N) is 1. The molecule has 5 heteroatoms. The number of nitrogens with zero attached hydrogens (tertiary/aromatic N) is 2. The van der Waals surface area contributed by atoms with Gasteiger partial charge in [-0.2, -0.15) is 5.10 Å². The molecule has 1 aliphatic heterocycles. The van der Waals surface area contributed by atoms with Gasteiger partial charge in [0, 0.05) is 7.05 Å². The molecular weight excluding hydrogens is 170 g/mol. The van der Waals surface area contributed by atoms with Crippen LogP contribution in [0.2, 0.25) is 0 Å². The zero-order valence-corrected chi connectivity index (χ0v) is 7.57. The summed E-state index contributed by atoms with van der Waals surface area (Å²) in [6, 6.07) is 1.92. The van der Waals surface area contributed by atoms with E-state index >= 15 is 0 Å². The van der Waals surface area contributed by atoms with E-state index in [1.165, 1.54) is 0 Å². The van der Waals surface area contributed by atoms with E-state index in [9.17, 15) is 4.79 Å². The maximum atomic E-state index is 10.8. The number of amides is 1. The molecule has 0 aromatic carbocycles. The highest BCUT2D eigenvalue weighted by molar-refractivity contribution is 5.69. The van der Waals surface area contributed by atoms with Gasteiger partial charge < -0.3 is 10.1 Å². The lowest BCUT2D eigenvalue weighted by Gasteiger charge is -2.06. The normalized spacial score (nSPS) is 21.4. The van der Waals surface area contributed by atoms with Crippen molar-refractivity contribution in [3.05, 3.63) is 17.5 Å². The van der Waals surface area contributed by atoms with Gasteiger partial charge in [0.2, 0.25) is 0 Å². The third-order valence-electron chi connectivity index (χ3n) is 2.05. The standard InChI is InChI=1S/C8H11N3O2/c1-5-3-6(11(2)10-5)7-4-9-8(12)13-7/h3,7H,4H2,1-2H3,(H,9,12). The van der Waals surface area contributed by atoms with Crippen LogP contribution in [-0.2, 0) is 11.8 Å². The molecule has 1 aliphatic rings. The van der Waals surface area contributed by atoms with Crippen molar-refractivity contribution in [3.8, 4) is 0 Å². The lowest BCUT2D eigenvalue weighted by Crippen LogP contribution is -2.13. The SMILES string of the molecule is Cc1cc(C2CNC(=O)O2)n(C)n1. The molecule has 1 unspecified atom stereocenters. The summed E-state index contributed by atoms with van der Waals surface area (Å²) in [5.41, 5.74) is 1.86. The number of ether oxygens (including phenoxy) is 1. The molecule has 0 bridgehead atoms. The van der Waals surface area contributed by atoms with E-state index in [1.807, 2.05) is 20.0 Å². The summed E-state index contributed by atoms with van der Waals surface area (Å²) in [6.45, 7) is 2.44. The van der Waals surface area contributed by atoms with Crippen molar-refractivity contribution in [2.45, 2.75) is 13.0 Å². The Balaban J connectivity index is 2.25. The molecule has 1 aromatic heterocycles. The maximum absolute atomic E-state index is 10.8. The zero-order valence-electron chi connectivity index (χ0n) is 7.57. The third kappa shape index (κ3) is 1.37. The van der Waals surface area contributed by atoms with Gasteiger partial charge in [-0.25, -0.2) is 4.79 Å². The number of carbonyl (C=O) groups is 1. The Hall–Kier alpha value is -1.52. The molecule has 70 valence electrons. The Labute approximate surface area is 75.7 Å². The highest BCUT2D eigenvalue weighted by atomic mass is 16.6. The molecule has 2 heterocycles. The van der Waals surface area contributed by atoms with Crippen LogP contribution in [0.1, 0.15) is 17.5 Å². The summed E-state index contributed by atoms with van der Waals surface area (Å²) in [5, 5.41) is 6.78. The Kier molecular flexibility index (Phi) is 1.72. The Bertz CT molecular complexity index is 345. The maximum Gasteiger partial charge on any atom is 0.408 e. The van der Waals surface area contributed by atoms with Gasteiger partial charge in [-0.15, -0.1) is 0 Å². The van der Waals surface area contributed by atoms with Crippen molar-refractivity contribution in [3.63, 3.8) is 0 Å². The fraction of sp³-hybridized carbons (Fsp3) is 0.500. The summed E-state index contributed by atoms with van der Waals surface area (Å²) in [7, 11) is 1.84. The molecule has 1 amide bonds. The van der Waals surface area contributed by atoms with E-state index in [4.69, 9.17) is 4.74 Å². The number of hydrogen-bond acceptors (Lipinski definition) is 3. The average molecular weight is 181 g/mol. The number of rotatable bonds is 1. The van der Waals surface area contributed by atoms with Crippen LogP contribution in [0.5, 0.6) is 0 Å². The topological polar surface area (TPSA) is 56.1 Å². The minimum atomic E-state index is -0.358. The first kappa shape index (κ1) is 8.10. The molecule has 1 fully saturated rings. The number of aryl methyl sites for hydroxylation is 2. The molecule has 0 aliphatic carbocycles. The van der Waals surface area contributed by atoms with Crippen LogP contribution in [0.3, 0.4) is 0 Å². The van der Waals surface area contributed by atoms with Gasteiger partial charge in [-0.3, -0.25) is 4.68 Å². The Morgan fingerprint density at radius 1 is 1.77 bits per heavy atom. The number of carbonyl (C=O) groups excluding carboxylic acids is 1. The molecule has 1 saturated heterocycles. The molecular formula is C8H11N3O2. The lowest BCUT2D eigenvalue weighted by molar-refractivity contribution is 0.137. The summed E-state index contributed by atoms with van der Waals surface area (Å²) >= 11 is 0. The van der Waals surface area contributed by atoms with Crippen molar-refractivity contribution in [2.75, 3.05) is 6.54 Å². The molecule has 1 aromatic rings. The predicted molar refractivity (Wildman–Crippen MR) is 45.2 cm³/mol. The van der Waals surface area contributed by atoms with E-state index in [0.29, 0.717) is 6.54 Å². The van der Waals surface area contributed by atoms with Crippen LogP contribution in [0, 0.1) is 6.92 Å². The third-order valence-corrected chi connectivity index (χ3v) is 2.05. The highest BCUT2D eigenvalue weighted by Gasteiger charge is 2.26. The van der Waals surface area contributed by atoms with Crippen molar-refractivity contribution < 1.29 is 9.53 Å². The molecule has 5 nitrogen and oxygen atoms in total. The highest BCUT2D eigenvalue weighted by Crippen LogP contribution is 2.20. The second kappa shape index (κ2) is 2.76. The van der Waals surface area contributed by atoms with Crippen molar-refractivity contribution in [2.24, 2.45) is 7.05 Å². The summed E-state index contributed by atoms with van der Waals surface area (Å²) in [4.78, 5) is 10.8.